The van der Waals surface area contributed by atoms with E-state index < -0.39 is 47.1 Å². The molecular weight excluding hydrogens is 630 g/mol. The van der Waals surface area contributed by atoms with Crippen LogP contribution in [0.25, 0.3) is 0 Å². The fraction of sp³-hybridized carbons (Fsp3) is 0.297. The number of nitrogens with zero attached hydrogens (tertiary/aromatic N) is 2. The number of carbonyl (C=O) groups excluding carboxylic acids is 4. The average molecular weight is 668 g/mol. The second-order valence-electron chi connectivity index (χ2n) is 12.6. The van der Waals surface area contributed by atoms with Gasteiger partial charge in [-0.3, -0.25) is 9.59 Å². The predicted octanol–water partition coefficient (Wildman–Crippen LogP) is 5.75. The van der Waals surface area contributed by atoms with Gasteiger partial charge in [-0.25, -0.2) is 9.59 Å². The van der Waals surface area contributed by atoms with Crippen molar-refractivity contribution >= 4 is 41.3 Å². The van der Waals surface area contributed by atoms with Crippen molar-refractivity contribution in [2.24, 2.45) is 0 Å². The molecule has 2 saturated heterocycles. The van der Waals surface area contributed by atoms with Crippen LogP contribution in [0.3, 0.4) is 0 Å². The molecule has 0 radical (unpaired) electrons. The number of ether oxygens (including phenoxy) is 3. The molecule has 2 fully saturated rings. The topological polar surface area (TPSA) is 114 Å². The molecule has 10 nitrogen and oxygen atoms in total. The Morgan fingerprint density at radius 3 is 2.15 bits per heavy atom. The first kappa shape index (κ1) is 32.9. The van der Waals surface area contributed by atoms with E-state index in [1.807, 2.05) is 72.8 Å². The smallest absolute Gasteiger partial charge is 0.408 e. The molecule has 3 heterocycles. The Balaban J connectivity index is 1.31. The molecule has 11 heteroatoms. The summed E-state index contributed by atoms with van der Waals surface area (Å²) in [5.41, 5.74) is 2.48. The molecule has 6 rings (SSSR count). The molecular formula is C37H37N3O7S. The summed E-state index contributed by atoms with van der Waals surface area (Å²) >= 11 is 1.29. The highest BCUT2D eigenvalue weighted by molar-refractivity contribution is 8.03. The molecule has 0 saturated carbocycles. The van der Waals surface area contributed by atoms with E-state index in [-0.39, 0.29) is 5.91 Å². The summed E-state index contributed by atoms with van der Waals surface area (Å²) in [5.74, 6) is -0.601. The predicted molar refractivity (Wildman–Crippen MR) is 182 cm³/mol. The third kappa shape index (κ3) is 6.82. The number of amides is 3. The second-order valence-corrected chi connectivity index (χ2v) is 13.6. The van der Waals surface area contributed by atoms with Gasteiger partial charge in [-0.2, -0.15) is 0 Å². The first-order chi connectivity index (χ1) is 23.0. The quantitative estimate of drug-likeness (QED) is 0.184. The van der Waals surface area contributed by atoms with Crippen molar-refractivity contribution in [3.63, 3.8) is 0 Å². The Labute approximate surface area is 283 Å². The summed E-state index contributed by atoms with van der Waals surface area (Å²) in [7, 11) is 1.58. The number of fused-ring (bicyclic) bond motifs is 1. The normalized spacial score (nSPS) is 21.4. The zero-order chi connectivity index (χ0) is 34.0. The summed E-state index contributed by atoms with van der Waals surface area (Å²) < 4.78 is 16.9. The maximum Gasteiger partial charge on any atom is 0.408 e. The third-order valence-electron chi connectivity index (χ3n) is 8.20. The van der Waals surface area contributed by atoms with Crippen LogP contribution in [-0.4, -0.2) is 65.5 Å². The van der Waals surface area contributed by atoms with Gasteiger partial charge in [0.25, 0.3) is 5.91 Å². The SMILES string of the molecule is COc1ccc(N2CCC(=CC3=CS[C@@H]4[C@H](NC(=O)OC(C)(C)C)C(=O)N4C3C(=O)OC(c3ccccc3)c3ccccc3)C2=O)cc1. The van der Waals surface area contributed by atoms with Crippen LogP contribution in [0.4, 0.5) is 10.5 Å². The van der Waals surface area contributed by atoms with Gasteiger partial charge in [0.1, 0.15) is 22.8 Å². The standard InChI is InChI=1S/C37H37N3O7S/c1-37(2,3)47-36(44)38-29-33(42)40-30(35(43)46-31(23-11-7-5-8-12-23)24-13-9-6-10-14-24)26(22-48-34(29)40)21-25-19-20-39(32(25)41)27-15-17-28(45-4)18-16-27/h5-18,21-22,29-31,34H,19-20H2,1-4H3,(H,38,44)/t29-,30?,34-/m1/s1. The number of carbonyl (C=O) groups is 4. The number of hydrogen-bond donors (Lipinski definition) is 1. The summed E-state index contributed by atoms with van der Waals surface area (Å²) in [6, 6.07) is 23.9. The zero-order valence-electron chi connectivity index (χ0n) is 27.1. The van der Waals surface area contributed by atoms with Gasteiger partial charge in [0.2, 0.25) is 5.91 Å². The number of nitrogens with one attached hydrogen (secondary N) is 1. The van der Waals surface area contributed by atoms with Crippen LogP contribution in [0.2, 0.25) is 0 Å². The van der Waals surface area contributed by atoms with E-state index >= 15 is 0 Å². The van der Waals surface area contributed by atoms with Crippen molar-refractivity contribution in [2.45, 2.75) is 56.4 Å². The molecule has 1 unspecified atom stereocenters. The first-order valence-electron chi connectivity index (χ1n) is 15.7. The summed E-state index contributed by atoms with van der Waals surface area (Å²) in [5, 5.41) is 3.86. The summed E-state index contributed by atoms with van der Waals surface area (Å²) in [4.78, 5) is 57.3. The fourth-order valence-electron chi connectivity index (χ4n) is 5.93. The van der Waals surface area contributed by atoms with Crippen molar-refractivity contribution in [1.29, 1.82) is 0 Å². The van der Waals surface area contributed by atoms with E-state index in [1.165, 1.54) is 16.7 Å². The van der Waals surface area contributed by atoms with E-state index in [2.05, 4.69) is 5.32 Å². The van der Waals surface area contributed by atoms with E-state index in [0.29, 0.717) is 29.9 Å². The van der Waals surface area contributed by atoms with Crippen LogP contribution >= 0.6 is 11.8 Å². The Morgan fingerprint density at radius 2 is 1.56 bits per heavy atom. The van der Waals surface area contributed by atoms with Crippen molar-refractivity contribution in [1.82, 2.24) is 10.2 Å². The largest absolute Gasteiger partial charge is 0.497 e. The average Bonchev–Trinajstić information content (AvgIpc) is 3.44. The van der Waals surface area contributed by atoms with Gasteiger partial charge in [-0.1, -0.05) is 60.7 Å². The molecule has 3 amide bonds. The van der Waals surface area contributed by atoms with Gasteiger partial charge in [0, 0.05) is 17.8 Å². The van der Waals surface area contributed by atoms with Crippen LogP contribution in [0.1, 0.15) is 44.4 Å². The molecule has 0 aromatic heterocycles. The van der Waals surface area contributed by atoms with Gasteiger partial charge >= 0.3 is 12.1 Å². The Bertz CT molecular complexity index is 1710. The van der Waals surface area contributed by atoms with Gasteiger partial charge < -0.3 is 29.3 Å². The molecule has 248 valence electrons. The van der Waals surface area contributed by atoms with Crippen LogP contribution in [0, 0.1) is 0 Å². The first-order valence-corrected chi connectivity index (χ1v) is 16.6. The van der Waals surface area contributed by atoms with Gasteiger partial charge in [-0.05, 0) is 79.6 Å². The van der Waals surface area contributed by atoms with Gasteiger partial charge in [-0.15, -0.1) is 11.8 Å². The number of β-lactam (4-membered cyclic amide) rings is 1. The Morgan fingerprint density at radius 1 is 0.938 bits per heavy atom. The van der Waals surface area contributed by atoms with Crippen LogP contribution in [0.5, 0.6) is 5.75 Å². The van der Waals surface area contributed by atoms with Gasteiger partial charge in [0.05, 0.1) is 7.11 Å². The zero-order valence-corrected chi connectivity index (χ0v) is 27.9. The van der Waals surface area contributed by atoms with Crippen molar-refractivity contribution in [3.05, 3.63) is 119 Å². The monoisotopic (exact) mass is 667 g/mol. The summed E-state index contributed by atoms with van der Waals surface area (Å²) in [6.45, 7) is 5.67. The maximum absolute atomic E-state index is 14.3. The van der Waals surface area contributed by atoms with E-state index in [1.54, 1.807) is 56.4 Å². The molecule has 3 atom stereocenters. The lowest BCUT2D eigenvalue weighted by Crippen LogP contribution is -2.74. The number of benzene rings is 3. The number of anilines is 1. The highest BCUT2D eigenvalue weighted by atomic mass is 32.2. The number of esters is 1. The van der Waals surface area contributed by atoms with E-state index in [0.717, 1.165) is 16.8 Å². The lowest BCUT2D eigenvalue weighted by Gasteiger charge is -2.51. The molecule has 3 aromatic rings. The minimum atomic E-state index is -1.15. The lowest BCUT2D eigenvalue weighted by molar-refractivity contribution is -0.164. The number of hydrogen-bond acceptors (Lipinski definition) is 8. The number of methoxy groups -OCH3 is 1. The molecule has 3 aliphatic rings. The van der Waals surface area contributed by atoms with Crippen molar-refractivity contribution in [2.75, 3.05) is 18.6 Å². The van der Waals surface area contributed by atoms with Gasteiger partial charge in [0.15, 0.2) is 12.1 Å². The number of alkyl carbamates (subject to hydrolysis) is 1. The molecule has 3 aromatic carbocycles. The van der Waals surface area contributed by atoms with Crippen LogP contribution in [0.15, 0.2) is 108 Å². The van der Waals surface area contributed by atoms with Crippen molar-refractivity contribution < 1.29 is 33.4 Å². The van der Waals surface area contributed by atoms with E-state index in [9.17, 15) is 19.2 Å². The van der Waals surface area contributed by atoms with Crippen molar-refractivity contribution in [3.8, 4) is 5.75 Å². The molecule has 3 aliphatic heterocycles. The third-order valence-corrected chi connectivity index (χ3v) is 9.39. The summed E-state index contributed by atoms with van der Waals surface area (Å²) in [6.07, 6.45) is 0.683. The maximum atomic E-state index is 14.3. The van der Waals surface area contributed by atoms with E-state index in [4.69, 9.17) is 14.2 Å². The Hall–Kier alpha value is -5.03. The molecule has 0 bridgehead atoms. The number of rotatable bonds is 8. The molecule has 48 heavy (non-hydrogen) atoms. The molecule has 0 spiro atoms. The minimum absolute atomic E-state index is 0.189. The highest BCUT2D eigenvalue weighted by Gasteiger charge is 2.56. The lowest BCUT2D eigenvalue weighted by atomic mass is 9.95. The van der Waals surface area contributed by atoms with Crippen LogP contribution in [-0.2, 0) is 23.9 Å². The minimum Gasteiger partial charge on any atom is -0.497 e. The Kier molecular flexibility index (Phi) is 9.32. The highest BCUT2D eigenvalue weighted by Crippen LogP contribution is 2.42. The molecule has 1 N–H and O–H groups in total. The fourth-order valence-corrected chi connectivity index (χ4v) is 7.12. The molecule has 0 aliphatic carbocycles. The second kappa shape index (κ2) is 13.6. The number of thioether (sulfide) groups is 1. The van der Waals surface area contributed by atoms with Crippen LogP contribution < -0.4 is 15.0 Å².